The van der Waals surface area contributed by atoms with Crippen LogP contribution >= 0.6 is 11.6 Å². The van der Waals surface area contributed by atoms with Crippen LogP contribution in [-0.4, -0.2) is 18.0 Å². The third-order valence-corrected chi connectivity index (χ3v) is 5.19. The molecular formula is C25H17ClN2O4. The molecule has 0 saturated carbocycles. The van der Waals surface area contributed by atoms with Crippen molar-refractivity contribution < 1.29 is 18.4 Å². The van der Waals surface area contributed by atoms with Gasteiger partial charge in [-0.3, -0.25) is 4.79 Å². The number of ether oxygens (including phenoxy) is 1. The molecule has 0 saturated heterocycles. The van der Waals surface area contributed by atoms with E-state index in [0.29, 0.717) is 39.2 Å². The van der Waals surface area contributed by atoms with Crippen LogP contribution in [0.3, 0.4) is 0 Å². The van der Waals surface area contributed by atoms with Crippen molar-refractivity contribution in [2.24, 2.45) is 0 Å². The van der Waals surface area contributed by atoms with Crippen LogP contribution in [-0.2, 0) is 0 Å². The van der Waals surface area contributed by atoms with E-state index < -0.39 is 0 Å². The Kier molecular flexibility index (Phi) is 5.13. The van der Waals surface area contributed by atoms with E-state index in [0.717, 1.165) is 11.1 Å². The fourth-order valence-corrected chi connectivity index (χ4v) is 3.40. The van der Waals surface area contributed by atoms with Crippen molar-refractivity contribution in [2.75, 3.05) is 12.4 Å². The van der Waals surface area contributed by atoms with Gasteiger partial charge in [0.2, 0.25) is 5.89 Å². The van der Waals surface area contributed by atoms with Gasteiger partial charge in [0, 0.05) is 27.9 Å². The van der Waals surface area contributed by atoms with Crippen molar-refractivity contribution >= 4 is 34.3 Å². The first-order chi connectivity index (χ1) is 15.6. The molecule has 0 radical (unpaired) electrons. The maximum absolute atomic E-state index is 12.6. The number of amides is 1. The molecule has 32 heavy (non-hydrogen) atoms. The molecule has 5 rings (SSSR count). The molecule has 7 heteroatoms. The highest BCUT2D eigenvalue weighted by atomic mass is 35.5. The van der Waals surface area contributed by atoms with Crippen LogP contribution in [0.5, 0.6) is 5.75 Å². The Morgan fingerprint density at radius 2 is 1.66 bits per heavy atom. The van der Waals surface area contributed by atoms with E-state index in [1.165, 1.54) is 0 Å². The molecule has 0 unspecified atom stereocenters. The number of rotatable bonds is 5. The SMILES string of the molecule is COc1ccc2oc(-c3ccc(NC(=O)c4ccc(-c5ccc(Cl)cc5)o4)cc3)nc2c1. The Morgan fingerprint density at radius 3 is 2.41 bits per heavy atom. The van der Waals surface area contributed by atoms with Gasteiger partial charge in [-0.05, 0) is 72.8 Å². The molecule has 0 aliphatic carbocycles. The van der Waals surface area contributed by atoms with Crippen molar-refractivity contribution in [3.63, 3.8) is 0 Å². The monoisotopic (exact) mass is 444 g/mol. The second kappa shape index (κ2) is 8.24. The number of methoxy groups -OCH3 is 1. The summed E-state index contributed by atoms with van der Waals surface area (Å²) < 4.78 is 16.7. The largest absolute Gasteiger partial charge is 0.497 e. The van der Waals surface area contributed by atoms with E-state index in [1.807, 2.05) is 42.5 Å². The summed E-state index contributed by atoms with van der Waals surface area (Å²) in [6.07, 6.45) is 0. The first-order valence-corrected chi connectivity index (χ1v) is 10.2. The van der Waals surface area contributed by atoms with Crippen LogP contribution in [0.4, 0.5) is 5.69 Å². The first kappa shape index (κ1) is 19.9. The summed E-state index contributed by atoms with van der Waals surface area (Å²) in [6, 6.07) is 23.3. The van der Waals surface area contributed by atoms with Crippen molar-refractivity contribution in [1.82, 2.24) is 4.98 Å². The molecule has 1 amide bonds. The van der Waals surface area contributed by atoms with E-state index in [2.05, 4.69) is 10.3 Å². The van der Waals surface area contributed by atoms with E-state index in [1.54, 1.807) is 43.5 Å². The number of fused-ring (bicyclic) bond motifs is 1. The maximum atomic E-state index is 12.6. The van der Waals surface area contributed by atoms with Gasteiger partial charge in [-0.15, -0.1) is 0 Å². The highest BCUT2D eigenvalue weighted by Gasteiger charge is 2.14. The minimum absolute atomic E-state index is 0.215. The molecule has 0 aliphatic rings. The van der Waals surface area contributed by atoms with Crippen LogP contribution in [0, 0.1) is 0 Å². The van der Waals surface area contributed by atoms with Gasteiger partial charge < -0.3 is 18.9 Å². The van der Waals surface area contributed by atoms with E-state index in [9.17, 15) is 4.79 Å². The van der Waals surface area contributed by atoms with Gasteiger partial charge >= 0.3 is 0 Å². The van der Waals surface area contributed by atoms with Gasteiger partial charge in [-0.2, -0.15) is 0 Å². The second-order valence-electron chi connectivity index (χ2n) is 7.05. The summed E-state index contributed by atoms with van der Waals surface area (Å²) in [6.45, 7) is 0. The van der Waals surface area contributed by atoms with Gasteiger partial charge in [0.15, 0.2) is 11.3 Å². The van der Waals surface area contributed by atoms with Crippen LogP contribution < -0.4 is 10.1 Å². The van der Waals surface area contributed by atoms with Gasteiger partial charge in [-0.1, -0.05) is 11.6 Å². The number of nitrogens with zero attached hydrogens (tertiary/aromatic N) is 1. The summed E-state index contributed by atoms with van der Waals surface area (Å²) in [7, 11) is 1.61. The Hall–Kier alpha value is -4.03. The number of furan rings is 1. The lowest BCUT2D eigenvalue weighted by atomic mass is 10.2. The molecule has 0 atom stereocenters. The van der Waals surface area contributed by atoms with E-state index in [-0.39, 0.29) is 11.7 Å². The lowest BCUT2D eigenvalue weighted by Gasteiger charge is -2.04. The van der Waals surface area contributed by atoms with Crippen molar-refractivity contribution in [1.29, 1.82) is 0 Å². The van der Waals surface area contributed by atoms with E-state index in [4.69, 9.17) is 25.2 Å². The van der Waals surface area contributed by atoms with Crippen molar-refractivity contribution in [3.05, 3.63) is 89.6 Å². The number of halogens is 1. The molecule has 6 nitrogen and oxygen atoms in total. The third kappa shape index (κ3) is 3.96. The Bertz CT molecular complexity index is 1400. The number of hydrogen-bond donors (Lipinski definition) is 1. The van der Waals surface area contributed by atoms with Gasteiger partial charge in [0.25, 0.3) is 5.91 Å². The molecule has 0 spiro atoms. The van der Waals surface area contributed by atoms with Crippen LogP contribution in [0.25, 0.3) is 33.9 Å². The molecule has 0 aliphatic heterocycles. The molecule has 2 aromatic heterocycles. The molecule has 5 aromatic rings. The summed E-state index contributed by atoms with van der Waals surface area (Å²) in [4.78, 5) is 17.1. The molecular weight excluding hydrogens is 428 g/mol. The second-order valence-corrected chi connectivity index (χ2v) is 7.49. The number of anilines is 1. The highest BCUT2D eigenvalue weighted by Crippen LogP contribution is 2.28. The number of carbonyl (C=O) groups is 1. The van der Waals surface area contributed by atoms with Crippen LogP contribution in [0.1, 0.15) is 10.6 Å². The number of benzene rings is 3. The molecule has 3 aromatic carbocycles. The smallest absolute Gasteiger partial charge is 0.291 e. The quantitative estimate of drug-likeness (QED) is 0.327. The minimum atomic E-state index is -0.341. The van der Waals surface area contributed by atoms with Crippen molar-refractivity contribution in [2.45, 2.75) is 0 Å². The molecule has 0 fully saturated rings. The zero-order chi connectivity index (χ0) is 22.1. The zero-order valence-corrected chi connectivity index (χ0v) is 17.7. The molecule has 1 N–H and O–H groups in total. The Labute approximate surface area is 188 Å². The predicted molar refractivity (Wildman–Crippen MR) is 123 cm³/mol. The van der Waals surface area contributed by atoms with Crippen LogP contribution in [0.15, 0.2) is 87.7 Å². The number of aromatic nitrogens is 1. The van der Waals surface area contributed by atoms with Gasteiger partial charge in [0.05, 0.1) is 7.11 Å². The predicted octanol–water partition coefficient (Wildman–Crippen LogP) is 6.67. The normalized spacial score (nSPS) is 10.9. The highest BCUT2D eigenvalue weighted by molar-refractivity contribution is 6.30. The Morgan fingerprint density at radius 1 is 0.906 bits per heavy atom. The zero-order valence-electron chi connectivity index (χ0n) is 17.0. The summed E-state index contributed by atoms with van der Waals surface area (Å²) in [5.41, 5.74) is 3.65. The standard InChI is InChI=1S/C25H17ClN2O4/c1-30-19-10-11-22-20(14-19)28-25(32-22)16-4-8-18(9-5-16)27-24(29)23-13-12-21(31-23)15-2-6-17(26)7-3-15/h2-14H,1H3,(H,27,29). The fourth-order valence-electron chi connectivity index (χ4n) is 3.28. The maximum Gasteiger partial charge on any atom is 0.291 e. The summed E-state index contributed by atoms with van der Waals surface area (Å²) >= 11 is 5.92. The van der Waals surface area contributed by atoms with E-state index >= 15 is 0 Å². The Balaban J connectivity index is 1.30. The number of carbonyl (C=O) groups excluding carboxylic acids is 1. The van der Waals surface area contributed by atoms with Crippen molar-refractivity contribution in [3.8, 4) is 28.5 Å². The number of hydrogen-bond acceptors (Lipinski definition) is 5. The minimum Gasteiger partial charge on any atom is -0.497 e. The topological polar surface area (TPSA) is 77.5 Å². The molecule has 158 valence electrons. The fraction of sp³-hybridized carbons (Fsp3) is 0.0400. The average Bonchev–Trinajstić information content (AvgIpc) is 3.47. The lowest BCUT2D eigenvalue weighted by molar-refractivity contribution is 0.0997. The van der Waals surface area contributed by atoms with Crippen LogP contribution in [0.2, 0.25) is 5.02 Å². The molecule has 0 bridgehead atoms. The first-order valence-electron chi connectivity index (χ1n) is 9.81. The lowest BCUT2D eigenvalue weighted by Crippen LogP contribution is -2.10. The summed E-state index contributed by atoms with van der Waals surface area (Å²) in [5.74, 6) is 1.67. The van der Waals surface area contributed by atoms with Gasteiger partial charge in [-0.25, -0.2) is 4.98 Å². The average molecular weight is 445 g/mol. The third-order valence-electron chi connectivity index (χ3n) is 4.94. The molecule has 2 heterocycles. The number of oxazole rings is 1. The van der Waals surface area contributed by atoms with Gasteiger partial charge in [0.1, 0.15) is 17.0 Å². The summed E-state index contributed by atoms with van der Waals surface area (Å²) in [5, 5.41) is 3.47. The number of nitrogens with one attached hydrogen (secondary N) is 1.